The van der Waals surface area contributed by atoms with Crippen LogP contribution < -0.4 is 5.32 Å². The molecule has 0 aliphatic carbocycles. The molecule has 3 nitrogen and oxygen atoms in total. The van der Waals surface area contributed by atoms with Crippen molar-refractivity contribution in [2.45, 2.75) is 12.8 Å². The van der Waals surface area contributed by atoms with Crippen LogP contribution in [0.15, 0.2) is 42.5 Å². The summed E-state index contributed by atoms with van der Waals surface area (Å²) in [7, 11) is 1.85. The van der Waals surface area contributed by atoms with E-state index in [2.05, 4.69) is 5.32 Å². The third-order valence-electron chi connectivity index (χ3n) is 4.64. The topological polar surface area (TPSA) is 32.3 Å². The van der Waals surface area contributed by atoms with Crippen LogP contribution in [0.2, 0.25) is 5.02 Å². The Morgan fingerprint density at radius 3 is 2.80 bits per heavy atom. The fourth-order valence-corrected chi connectivity index (χ4v) is 3.46. The molecule has 2 aromatic rings. The monoisotopic (exact) mass is 360 g/mol. The summed E-state index contributed by atoms with van der Waals surface area (Å²) in [6, 6.07) is 12.0. The highest BCUT2D eigenvalue weighted by atomic mass is 35.5. The lowest BCUT2D eigenvalue weighted by atomic mass is 9.98. The normalized spacial score (nSPS) is 17.3. The number of carbonyl (C=O) groups excluding carboxylic acids is 1. The number of carbonyl (C=O) groups is 1. The number of hydrogen-bond acceptors (Lipinski definition) is 2. The first-order valence-corrected chi connectivity index (χ1v) is 8.94. The molecule has 1 aliphatic heterocycles. The second-order valence-electron chi connectivity index (χ2n) is 6.61. The molecular formula is C20H22ClFN2O. The summed E-state index contributed by atoms with van der Waals surface area (Å²) in [5.74, 6) is 0.0564. The van der Waals surface area contributed by atoms with Crippen LogP contribution >= 0.6 is 11.6 Å². The van der Waals surface area contributed by atoms with Crippen LogP contribution in [0.4, 0.5) is 4.39 Å². The highest BCUT2D eigenvalue weighted by Crippen LogP contribution is 2.26. The van der Waals surface area contributed by atoms with Crippen molar-refractivity contribution in [1.82, 2.24) is 10.2 Å². The van der Waals surface area contributed by atoms with Gasteiger partial charge in [-0.15, -0.1) is 0 Å². The van der Waals surface area contributed by atoms with Crippen molar-refractivity contribution >= 4 is 17.5 Å². The highest BCUT2D eigenvalue weighted by Gasteiger charge is 2.19. The standard InChI is InChI=1S/C20H22ClFN2O/c1-24(13-14-4-3-9-23-12-14)20(25)17-6-2-5-15(10-17)16-7-8-19(22)18(21)11-16/h2,5-8,10-11,14,23H,3-4,9,12-13H2,1H3/t14-/m1/s1. The van der Waals surface area contributed by atoms with Crippen LogP contribution in [0.5, 0.6) is 0 Å². The second-order valence-corrected chi connectivity index (χ2v) is 7.01. The van der Waals surface area contributed by atoms with Gasteiger partial charge in [0.05, 0.1) is 5.02 Å². The molecule has 0 bridgehead atoms. The van der Waals surface area contributed by atoms with Gasteiger partial charge in [0.1, 0.15) is 5.82 Å². The Kier molecular flexibility index (Phi) is 5.71. The first-order valence-electron chi connectivity index (χ1n) is 8.56. The van der Waals surface area contributed by atoms with Crippen LogP contribution in [0.1, 0.15) is 23.2 Å². The van der Waals surface area contributed by atoms with E-state index in [-0.39, 0.29) is 10.9 Å². The zero-order valence-corrected chi connectivity index (χ0v) is 15.0. The molecule has 1 heterocycles. The predicted octanol–water partition coefficient (Wildman–Crippen LogP) is 4.22. The summed E-state index contributed by atoms with van der Waals surface area (Å²) >= 11 is 5.87. The van der Waals surface area contributed by atoms with Crippen molar-refractivity contribution in [2.75, 3.05) is 26.7 Å². The lowest BCUT2D eigenvalue weighted by Gasteiger charge is -2.27. The van der Waals surface area contributed by atoms with Crippen molar-refractivity contribution in [3.63, 3.8) is 0 Å². The van der Waals surface area contributed by atoms with Crippen LogP contribution in [0.25, 0.3) is 11.1 Å². The maximum atomic E-state index is 13.4. The van der Waals surface area contributed by atoms with Crippen molar-refractivity contribution in [2.24, 2.45) is 5.92 Å². The number of rotatable bonds is 4. The van der Waals surface area contributed by atoms with Crippen LogP contribution in [-0.2, 0) is 0 Å². The lowest BCUT2D eigenvalue weighted by molar-refractivity contribution is 0.0765. The van der Waals surface area contributed by atoms with E-state index in [1.54, 1.807) is 17.0 Å². The Labute approximate surface area is 152 Å². The molecule has 1 aliphatic rings. The molecule has 25 heavy (non-hydrogen) atoms. The summed E-state index contributed by atoms with van der Waals surface area (Å²) in [4.78, 5) is 14.5. The summed E-state index contributed by atoms with van der Waals surface area (Å²) in [5, 5.41) is 3.46. The van der Waals surface area contributed by atoms with Gasteiger partial charge in [0.25, 0.3) is 5.91 Å². The molecule has 0 spiro atoms. The summed E-state index contributed by atoms with van der Waals surface area (Å²) in [5.41, 5.74) is 2.27. The minimum Gasteiger partial charge on any atom is -0.341 e. The number of piperidine rings is 1. The summed E-state index contributed by atoms with van der Waals surface area (Å²) in [6.45, 7) is 2.78. The lowest BCUT2D eigenvalue weighted by Crippen LogP contribution is -2.39. The zero-order valence-electron chi connectivity index (χ0n) is 14.3. The van der Waals surface area contributed by atoms with E-state index < -0.39 is 5.82 Å². The first kappa shape index (κ1) is 17.9. The average molecular weight is 361 g/mol. The quantitative estimate of drug-likeness (QED) is 0.885. The van der Waals surface area contributed by atoms with Crippen molar-refractivity contribution in [1.29, 1.82) is 0 Å². The Bertz CT molecular complexity index is 759. The Hall–Kier alpha value is -1.91. The van der Waals surface area contributed by atoms with Gasteiger partial charge in [-0.1, -0.05) is 29.8 Å². The van der Waals surface area contributed by atoms with Gasteiger partial charge in [-0.25, -0.2) is 4.39 Å². The minimum atomic E-state index is -0.446. The SMILES string of the molecule is CN(C[C@@H]1CCCNC1)C(=O)c1cccc(-c2ccc(F)c(Cl)c2)c1. The molecule has 132 valence electrons. The van der Waals surface area contributed by atoms with E-state index in [1.165, 1.54) is 6.07 Å². The van der Waals surface area contributed by atoms with Gasteiger partial charge in [-0.05, 0) is 67.2 Å². The fourth-order valence-electron chi connectivity index (χ4n) is 3.28. The molecule has 0 aromatic heterocycles. The molecular weight excluding hydrogens is 339 g/mol. The first-order chi connectivity index (χ1) is 12.0. The number of benzene rings is 2. The fraction of sp³-hybridized carbons (Fsp3) is 0.350. The van der Waals surface area contributed by atoms with Crippen LogP contribution in [0, 0.1) is 11.7 Å². The van der Waals surface area contributed by atoms with E-state index in [4.69, 9.17) is 11.6 Å². The van der Waals surface area contributed by atoms with Crippen molar-refractivity contribution < 1.29 is 9.18 Å². The van der Waals surface area contributed by atoms with E-state index in [0.717, 1.165) is 43.6 Å². The maximum Gasteiger partial charge on any atom is 0.253 e. The molecule has 1 atom stereocenters. The summed E-state index contributed by atoms with van der Waals surface area (Å²) < 4.78 is 13.4. The molecule has 5 heteroatoms. The largest absolute Gasteiger partial charge is 0.341 e. The number of halogens is 2. The molecule has 2 aromatic carbocycles. The molecule has 0 radical (unpaired) electrons. The summed E-state index contributed by atoms with van der Waals surface area (Å²) in [6.07, 6.45) is 2.31. The third-order valence-corrected chi connectivity index (χ3v) is 4.93. The Morgan fingerprint density at radius 1 is 1.28 bits per heavy atom. The van der Waals surface area contributed by atoms with Gasteiger partial charge in [0, 0.05) is 19.2 Å². The van der Waals surface area contributed by atoms with E-state index in [9.17, 15) is 9.18 Å². The number of nitrogens with one attached hydrogen (secondary N) is 1. The number of nitrogens with zero attached hydrogens (tertiary/aromatic N) is 1. The molecule has 0 unspecified atom stereocenters. The van der Waals surface area contributed by atoms with Crippen molar-refractivity contribution in [3.05, 3.63) is 58.9 Å². The average Bonchev–Trinajstić information content (AvgIpc) is 2.64. The molecule has 1 amide bonds. The maximum absolute atomic E-state index is 13.4. The number of hydrogen-bond donors (Lipinski definition) is 1. The van der Waals surface area contributed by atoms with Crippen LogP contribution in [0.3, 0.4) is 0 Å². The minimum absolute atomic E-state index is 0.000585. The van der Waals surface area contributed by atoms with E-state index in [0.29, 0.717) is 11.5 Å². The molecule has 1 fully saturated rings. The van der Waals surface area contributed by atoms with Crippen molar-refractivity contribution in [3.8, 4) is 11.1 Å². The van der Waals surface area contributed by atoms with E-state index in [1.807, 2.05) is 31.3 Å². The molecule has 3 rings (SSSR count). The van der Waals surface area contributed by atoms with Gasteiger partial charge < -0.3 is 10.2 Å². The third kappa shape index (κ3) is 4.39. The van der Waals surface area contributed by atoms with Gasteiger partial charge in [0.2, 0.25) is 0 Å². The Morgan fingerprint density at radius 2 is 2.08 bits per heavy atom. The molecule has 1 N–H and O–H groups in total. The van der Waals surface area contributed by atoms with Gasteiger partial charge in [-0.3, -0.25) is 4.79 Å². The number of amides is 1. The molecule has 1 saturated heterocycles. The van der Waals surface area contributed by atoms with Gasteiger partial charge in [-0.2, -0.15) is 0 Å². The van der Waals surface area contributed by atoms with E-state index >= 15 is 0 Å². The predicted molar refractivity (Wildman–Crippen MR) is 99.4 cm³/mol. The second kappa shape index (κ2) is 7.98. The smallest absolute Gasteiger partial charge is 0.253 e. The Balaban J connectivity index is 1.75. The van der Waals surface area contributed by atoms with Crippen LogP contribution in [-0.4, -0.2) is 37.5 Å². The highest BCUT2D eigenvalue weighted by molar-refractivity contribution is 6.31. The van der Waals surface area contributed by atoms with Gasteiger partial charge >= 0.3 is 0 Å². The zero-order chi connectivity index (χ0) is 17.8. The molecule has 0 saturated carbocycles. The van der Waals surface area contributed by atoms with Gasteiger partial charge in [0.15, 0.2) is 0 Å².